The minimum Gasteiger partial charge on any atom is -0.487 e. The van der Waals surface area contributed by atoms with Gasteiger partial charge in [-0.2, -0.15) is 0 Å². The van der Waals surface area contributed by atoms with Gasteiger partial charge in [0.15, 0.2) is 0 Å². The summed E-state index contributed by atoms with van der Waals surface area (Å²) in [5, 5.41) is 4.46. The Bertz CT molecular complexity index is 707. The summed E-state index contributed by atoms with van der Waals surface area (Å²) in [6, 6.07) is 20.1. The van der Waals surface area contributed by atoms with Gasteiger partial charge in [-0.1, -0.05) is 36.4 Å². The Morgan fingerprint density at radius 3 is 2.67 bits per heavy atom. The molecule has 2 aromatic carbocycles. The van der Waals surface area contributed by atoms with Crippen LogP contribution in [0, 0.1) is 0 Å². The maximum absolute atomic E-state index is 6.02. The molecule has 1 atom stereocenters. The Kier molecular flexibility index (Phi) is 4.01. The van der Waals surface area contributed by atoms with E-state index in [9.17, 15) is 0 Å². The highest BCUT2D eigenvalue weighted by Crippen LogP contribution is 2.23. The first-order chi connectivity index (χ1) is 10.3. The van der Waals surface area contributed by atoms with Crippen molar-refractivity contribution in [3.05, 3.63) is 66.9 Å². The summed E-state index contributed by atoms with van der Waals surface area (Å²) in [4.78, 5) is 4.41. The lowest BCUT2D eigenvalue weighted by Crippen LogP contribution is -2.22. The van der Waals surface area contributed by atoms with Crippen molar-refractivity contribution in [2.45, 2.75) is 13.0 Å². The van der Waals surface area contributed by atoms with E-state index in [-0.39, 0.29) is 6.10 Å². The van der Waals surface area contributed by atoms with E-state index in [0.29, 0.717) is 0 Å². The van der Waals surface area contributed by atoms with Crippen LogP contribution in [0.5, 0.6) is 5.75 Å². The number of aromatic nitrogens is 1. The van der Waals surface area contributed by atoms with E-state index >= 15 is 0 Å². The number of rotatable bonds is 5. The van der Waals surface area contributed by atoms with E-state index in [4.69, 9.17) is 4.74 Å². The fourth-order valence-corrected chi connectivity index (χ4v) is 2.25. The third kappa shape index (κ3) is 3.31. The van der Waals surface area contributed by atoms with Gasteiger partial charge in [-0.25, -0.2) is 0 Å². The number of anilines is 1. The van der Waals surface area contributed by atoms with E-state index in [1.54, 1.807) is 6.20 Å². The Labute approximate surface area is 124 Å². The van der Waals surface area contributed by atoms with Crippen LogP contribution in [0.4, 0.5) is 5.69 Å². The monoisotopic (exact) mass is 278 g/mol. The number of para-hydroxylation sites is 2. The van der Waals surface area contributed by atoms with Gasteiger partial charge in [0, 0.05) is 17.3 Å². The van der Waals surface area contributed by atoms with Gasteiger partial charge in [-0.05, 0) is 31.2 Å². The topological polar surface area (TPSA) is 34.1 Å². The molecule has 3 rings (SSSR count). The predicted molar refractivity (Wildman–Crippen MR) is 86.8 cm³/mol. The largest absolute Gasteiger partial charge is 0.487 e. The molecule has 0 amide bonds. The summed E-state index contributed by atoms with van der Waals surface area (Å²) in [6.07, 6.45) is 1.85. The fourth-order valence-electron chi connectivity index (χ4n) is 2.25. The first kappa shape index (κ1) is 13.4. The van der Waals surface area contributed by atoms with Crippen LogP contribution in [0.1, 0.15) is 6.92 Å². The lowest BCUT2D eigenvalue weighted by molar-refractivity contribution is 0.237. The van der Waals surface area contributed by atoms with Crippen LogP contribution in [-0.4, -0.2) is 17.6 Å². The zero-order valence-corrected chi connectivity index (χ0v) is 12.0. The summed E-state index contributed by atoms with van der Waals surface area (Å²) >= 11 is 0. The Morgan fingerprint density at radius 1 is 1.00 bits per heavy atom. The molecule has 21 heavy (non-hydrogen) atoms. The number of ether oxygens (including phenoxy) is 1. The quantitative estimate of drug-likeness (QED) is 0.762. The van der Waals surface area contributed by atoms with Crippen LogP contribution in [0.2, 0.25) is 0 Å². The summed E-state index contributed by atoms with van der Waals surface area (Å²) < 4.78 is 6.02. The number of benzene rings is 2. The molecule has 0 aliphatic carbocycles. The van der Waals surface area contributed by atoms with Gasteiger partial charge >= 0.3 is 0 Å². The minimum atomic E-state index is 0.0535. The Balaban J connectivity index is 1.67. The Morgan fingerprint density at radius 2 is 1.81 bits per heavy atom. The second kappa shape index (κ2) is 6.27. The lowest BCUT2D eigenvalue weighted by atomic mass is 10.2. The van der Waals surface area contributed by atoms with E-state index < -0.39 is 0 Å². The number of nitrogens with one attached hydrogen (secondary N) is 1. The standard InChI is InChI=1S/C18H18N2O/c1-14(13-20-16-9-3-2-4-10-16)21-17-11-5-7-15-8-6-12-19-18(15)17/h2-12,14,20H,13H2,1H3. The predicted octanol–water partition coefficient (Wildman–Crippen LogP) is 4.11. The van der Waals surface area contributed by atoms with Gasteiger partial charge in [0.05, 0.1) is 6.54 Å². The van der Waals surface area contributed by atoms with Crippen molar-refractivity contribution in [2.24, 2.45) is 0 Å². The zero-order valence-electron chi connectivity index (χ0n) is 12.0. The van der Waals surface area contributed by atoms with E-state index in [0.717, 1.165) is 28.9 Å². The van der Waals surface area contributed by atoms with Crippen LogP contribution in [0.3, 0.4) is 0 Å². The summed E-state index contributed by atoms with van der Waals surface area (Å²) in [7, 11) is 0. The van der Waals surface area contributed by atoms with Crippen LogP contribution in [-0.2, 0) is 0 Å². The van der Waals surface area contributed by atoms with Gasteiger partial charge in [0.25, 0.3) is 0 Å². The maximum atomic E-state index is 6.02. The normalized spacial score (nSPS) is 12.0. The van der Waals surface area contributed by atoms with Crippen molar-refractivity contribution in [3.8, 4) is 5.75 Å². The second-order valence-corrected chi connectivity index (χ2v) is 5.01. The average molecular weight is 278 g/mol. The van der Waals surface area contributed by atoms with Crippen molar-refractivity contribution in [2.75, 3.05) is 11.9 Å². The third-order valence-electron chi connectivity index (χ3n) is 3.29. The van der Waals surface area contributed by atoms with Gasteiger partial charge < -0.3 is 10.1 Å². The SMILES string of the molecule is CC(CNc1ccccc1)Oc1cccc2cccnc12. The maximum Gasteiger partial charge on any atom is 0.146 e. The molecule has 0 saturated heterocycles. The lowest BCUT2D eigenvalue weighted by Gasteiger charge is -2.17. The number of hydrogen-bond acceptors (Lipinski definition) is 3. The summed E-state index contributed by atoms with van der Waals surface area (Å²) in [5.41, 5.74) is 2.01. The number of pyridine rings is 1. The molecular weight excluding hydrogens is 260 g/mol. The molecular formula is C18H18N2O. The van der Waals surface area contributed by atoms with Crippen molar-refractivity contribution in [3.63, 3.8) is 0 Å². The average Bonchev–Trinajstić information content (AvgIpc) is 2.54. The number of nitrogens with zero attached hydrogens (tertiary/aromatic N) is 1. The summed E-state index contributed by atoms with van der Waals surface area (Å²) in [6.45, 7) is 2.80. The highest BCUT2D eigenvalue weighted by atomic mass is 16.5. The molecule has 1 unspecified atom stereocenters. The third-order valence-corrected chi connectivity index (χ3v) is 3.29. The molecule has 0 aliphatic heterocycles. The van der Waals surface area contributed by atoms with Gasteiger partial charge in [0.2, 0.25) is 0 Å². The van der Waals surface area contributed by atoms with E-state index in [1.807, 2.05) is 60.7 Å². The highest BCUT2D eigenvalue weighted by molar-refractivity contribution is 5.84. The molecule has 1 N–H and O–H groups in total. The molecule has 0 radical (unpaired) electrons. The highest BCUT2D eigenvalue weighted by Gasteiger charge is 2.07. The zero-order chi connectivity index (χ0) is 14.5. The molecule has 1 aromatic heterocycles. The molecule has 0 spiro atoms. The number of hydrogen-bond donors (Lipinski definition) is 1. The van der Waals surface area contributed by atoms with Crippen molar-refractivity contribution < 1.29 is 4.74 Å². The first-order valence-electron chi connectivity index (χ1n) is 7.12. The molecule has 0 saturated carbocycles. The van der Waals surface area contributed by atoms with Gasteiger partial charge in [0.1, 0.15) is 17.4 Å². The minimum absolute atomic E-state index is 0.0535. The molecule has 0 fully saturated rings. The van der Waals surface area contributed by atoms with Crippen LogP contribution >= 0.6 is 0 Å². The van der Waals surface area contributed by atoms with Crippen LogP contribution < -0.4 is 10.1 Å². The van der Waals surface area contributed by atoms with E-state index in [1.165, 1.54) is 0 Å². The van der Waals surface area contributed by atoms with Crippen LogP contribution in [0.25, 0.3) is 10.9 Å². The first-order valence-corrected chi connectivity index (χ1v) is 7.12. The van der Waals surface area contributed by atoms with Gasteiger partial charge in [-0.15, -0.1) is 0 Å². The van der Waals surface area contributed by atoms with Crippen molar-refractivity contribution in [1.29, 1.82) is 0 Å². The molecule has 0 aliphatic rings. The number of fused-ring (bicyclic) bond motifs is 1. The molecule has 3 nitrogen and oxygen atoms in total. The molecule has 3 heteroatoms. The van der Waals surface area contributed by atoms with E-state index in [2.05, 4.69) is 17.2 Å². The van der Waals surface area contributed by atoms with Crippen molar-refractivity contribution >= 4 is 16.6 Å². The van der Waals surface area contributed by atoms with Crippen LogP contribution in [0.15, 0.2) is 66.9 Å². The molecule has 3 aromatic rings. The molecule has 1 heterocycles. The van der Waals surface area contributed by atoms with Gasteiger partial charge in [-0.3, -0.25) is 4.98 Å². The smallest absolute Gasteiger partial charge is 0.146 e. The molecule has 0 bridgehead atoms. The van der Waals surface area contributed by atoms with Crippen molar-refractivity contribution in [1.82, 2.24) is 4.98 Å². The molecule has 106 valence electrons. The Hall–Kier alpha value is -2.55. The summed E-state index contributed by atoms with van der Waals surface area (Å²) in [5.74, 6) is 0.829. The second-order valence-electron chi connectivity index (χ2n) is 5.01. The fraction of sp³-hybridized carbons (Fsp3) is 0.167.